The number of ether oxygens (including phenoxy) is 1. The SMILES string of the molecule is COC(=O)Nc1ccc(S(=O)(=O)N2CCS[C@@H](c3ccccc3C)CC2)cc1. The van der Waals surface area contributed by atoms with Gasteiger partial charge in [-0.25, -0.2) is 13.2 Å². The molecule has 0 radical (unpaired) electrons. The average molecular weight is 421 g/mol. The Morgan fingerprint density at radius 3 is 2.54 bits per heavy atom. The molecular formula is C20H24N2O4S2. The predicted octanol–water partition coefficient (Wildman–Crippen LogP) is 4.04. The summed E-state index contributed by atoms with van der Waals surface area (Å²) in [6.07, 6.45) is 0.180. The zero-order valence-corrected chi connectivity index (χ0v) is 17.6. The van der Waals surface area contributed by atoms with E-state index in [9.17, 15) is 13.2 Å². The lowest BCUT2D eigenvalue weighted by molar-refractivity contribution is 0.187. The van der Waals surface area contributed by atoms with Gasteiger partial charge in [-0.3, -0.25) is 5.32 Å². The van der Waals surface area contributed by atoms with E-state index in [-0.39, 0.29) is 4.90 Å². The number of anilines is 1. The topological polar surface area (TPSA) is 75.7 Å². The Labute approximate surface area is 170 Å². The van der Waals surface area contributed by atoms with E-state index in [4.69, 9.17) is 0 Å². The van der Waals surface area contributed by atoms with E-state index < -0.39 is 16.1 Å². The van der Waals surface area contributed by atoms with Gasteiger partial charge >= 0.3 is 6.09 Å². The molecule has 0 saturated carbocycles. The van der Waals surface area contributed by atoms with E-state index in [1.807, 2.05) is 23.9 Å². The Kier molecular flexibility index (Phi) is 6.64. The molecule has 1 aliphatic rings. The summed E-state index contributed by atoms with van der Waals surface area (Å²) in [5.74, 6) is 0.750. The molecule has 2 aromatic carbocycles. The highest BCUT2D eigenvalue weighted by Crippen LogP contribution is 2.37. The lowest BCUT2D eigenvalue weighted by Crippen LogP contribution is -2.33. The van der Waals surface area contributed by atoms with Crippen LogP contribution in [0.2, 0.25) is 0 Å². The number of methoxy groups -OCH3 is 1. The van der Waals surface area contributed by atoms with Gasteiger partial charge in [0.15, 0.2) is 0 Å². The zero-order valence-electron chi connectivity index (χ0n) is 15.9. The predicted molar refractivity (Wildman–Crippen MR) is 112 cm³/mol. The molecule has 0 bridgehead atoms. The van der Waals surface area contributed by atoms with Crippen molar-refractivity contribution in [3.63, 3.8) is 0 Å². The normalized spacial score (nSPS) is 18.3. The lowest BCUT2D eigenvalue weighted by atomic mass is 10.0. The number of hydrogen-bond acceptors (Lipinski definition) is 5. The fourth-order valence-electron chi connectivity index (χ4n) is 3.22. The number of sulfonamides is 1. The molecule has 0 aromatic heterocycles. The Bertz CT molecular complexity index is 929. The van der Waals surface area contributed by atoms with Crippen LogP contribution in [0.1, 0.15) is 22.8 Å². The molecule has 0 aliphatic carbocycles. The molecule has 1 aliphatic heterocycles. The Morgan fingerprint density at radius 2 is 1.86 bits per heavy atom. The number of nitrogens with zero attached hydrogens (tertiary/aromatic N) is 1. The van der Waals surface area contributed by atoms with E-state index in [1.165, 1.54) is 30.4 Å². The molecule has 1 heterocycles. The summed E-state index contributed by atoms with van der Waals surface area (Å²) in [4.78, 5) is 11.5. The molecule has 1 amide bonds. The van der Waals surface area contributed by atoms with Crippen LogP contribution in [0.4, 0.5) is 10.5 Å². The van der Waals surface area contributed by atoms with Gasteiger partial charge in [-0.1, -0.05) is 24.3 Å². The summed E-state index contributed by atoms with van der Waals surface area (Å²) < 4.78 is 32.2. The van der Waals surface area contributed by atoms with Crippen LogP contribution >= 0.6 is 11.8 Å². The van der Waals surface area contributed by atoms with Gasteiger partial charge in [0, 0.05) is 29.8 Å². The number of amides is 1. The first kappa shape index (κ1) is 20.7. The first-order valence-electron chi connectivity index (χ1n) is 9.04. The zero-order chi connectivity index (χ0) is 20.1. The summed E-state index contributed by atoms with van der Waals surface area (Å²) in [7, 11) is -2.30. The number of nitrogens with one attached hydrogen (secondary N) is 1. The van der Waals surface area contributed by atoms with Crippen molar-refractivity contribution in [2.45, 2.75) is 23.5 Å². The second-order valence-corrected chi connectivity index (χ2v) is 9.80. The van der Waals surface area contributed by atoms with Gasteiger partial charge in [-0.05, 0) is 48.7 Å². The molecule has 3 rings (SSSR count). The highest BCUT2D eigenvalue weighted by atomic mass is 32.2. The number of hydrogen-bond donors (Lipinski definition) is 1. The van der Waals surface area contributed by atoms with Crippen LogP contribution in [-0.2, 0) is 14.8 Å². The van der Waals surface area contributed by atoms with Crippen molar-refractivity contribution in [1.82, 2.24) is 4.31 Å². The van der Waals surface area contributed by atoms with E-state index >= 15 is 0 Å². The molecule has 2 aromatic rings. The Hall–Kier alpha value is -2.03. The standard InChI is InChI=1S/C20H24N2O4S2/c1-15-5-3-4-6-18(15)19-11-12-22(13-14-27-19)28(24,25)17-9-7-16(8-10-17)21-20(23)26-2/h3-10,19H,11-14H2,1-2H3,(H,21,23)/t19-/m1/s1. The van der Waals surface area contributed by atoms with Crippen LogP contribution in [0, 0.1) is 6.92 Å². The maximum Gasteiger partial charge on any atom is 0.411 e. The maximum atomic E-state index is 13.0. The fraction of sp³-hybridized carbons (Fsp3) is 0.350. The second kappa shape index (κ2) is 8.98. The molecule has 150 valence electrons. The van der Waals surface area contributed by atoms with Crippen molar-refractivity contribution in [2.24, 2.45) is 0 Å². The summed E-state index contributed by atoms with van der Waals surface area (Å²) in [6, 6.07) is 14.4. The maximum absolute atomic E-state index is 13.0. The number of rotatable bonds is 4. The van der Waals surface area contributed by atoms with Gasteiger partial charge in [0.25, 0.3) is 0 Å². The van der Waals surface area contributed by atoms with Gasteiger partial charge in [0.2, 0.25) is 10.0 Å². The summed E-state index contributed by atoms with van der Waals surface area (Å²) in [5, 5.41) is 2.82. The van der Waals surface area contributed by atoms with Gasteiger partial charge in [0.1, 0.15) is 0 Å². The smallest absolute Gasteiger partial charge is 0.411 e. The molecule has 1 fully saturated rings. The second-order valence-electron chi connectivity index (χ2n) is 6.55. The summed E-state index contributed by atoms with van der Waals surface area (Å²) in [6.45, 7) is 3.06. The van der Waals surface area contributed by atoms with E-state index in [0.717, 1.165) is 12.2 Å². The third kappa shape index (κ3) is 4.68. The van der Waals surface area contributed by atoms with Crippen molar-refractivity contribution >= 4 is 33.6 Å². The van der Waals surface area contributed by atoms with Crippen molar-refractivity contribution in [3.8, 4) is 0 Å². The minimum atomic E-state index is -3.58. The minimum Gasteiger partial charge on any atom is -0.453 e. The first-order valence-corrected chi connectivity index (χ1v) is 11.5. The van der Waals surface area contributed by atoms with Gasteiger partial charge < -0.3 is 4.74 Å². The van der Waals surface area contributed by atoms with Gasteiger partial charge in [-0.2, -0.15) is 16.1 Å². The monoisotopic (exact) mass is 420 g/mol. The van der Waals surface area contributed by atoms with Crippen LogP contribution in [0.5, 0.6) is 0 Å². The van der Waals surface area contributed by atoms with Crippen molar-refractivity contribution in [1.29, 1.82) is 0 Å². The molecule has 8 heteroatoms. The quantitative estimate of drug-likeness (QED) is 0.808. The highest BCUT2D eigenvalue weighted by Gasteiger charge is 2.28. The molecule has 28 heavy (non-hydrogen) atoms. The van der Waals surface area contributed by atoms with Crippen LogP contribution in [-0.4, -0.2) is 44.8 Å². The Balaban J connectivity index is 1.72. The van der Waals surface area contributed by atoms with Gasteiger partial charge in [0.05, 0.1) is 12.0 Å². The van der Waals surface area contributed by atoms with Crippen LogP contribution < -0.4 is 5.32 Å². The lowest BCUT2D eigenvalue weighted by Gasteiger charge is -2.20. The molecule has 0 unspecified atom stereocenters. The summed E-state index contributed by atoms with van der Waals surface area (Å²) >= 11 is 1.81. The number of benzene rings is 2. The average Bonchev–Trinajstić information content (AvgIpc) is 2.95. The third-order valence-corrected chi connectivity index (χ3v) is 7.98. The summed E-state index contributed by atoms with van der Waals surface area (Å²) in [5.41, 5.74) is 3.01. The van der Waals surface area contributed by atoms with Crippen LogP contribution in [0.15, 0.2) is 53.4 Å². The van der Waals surface area contributed by atoms with Crippen molar-refractivity contribution in [3.05, 3.63) is 59.7 Å². The number of thioether (sulfide) groups is 1. The van der Waals surface area contributed by atoms with Crippen LogP contribution in [0.3, 0.4) is 0 Å². The number of carbonyl (C=O) groups excluding carboxylic acids is 1. The molecule has 6 nitrogen and oxygen atoms in total. The Morgan fingerprint density at radius 1 is 1.14 bits per heavy atom. The highest BCUT2D eigenvalue weighted by molar-refractivity contribution is 7.99. The molecular weight excluding hydrogens is 396 g/mol. The van der Waals surface area contributed by atoms with Crippen molar-refractivity contribution < 1.29 is 17.9 Å². The molecule has 1 atom stereocenters. The first-order chi connectivity index (χ1) is 13.4. The van der Waals surface area contributed by atoms with Gasteiger partial charge in [-0.15, -0.1) is 0 Å². The third-order valence-electron chi connectivity index (χ3n) is 4.76. The van der Waals surface area contributed by atoms with Crippen molar-refractivity contribution in [2.75, 3.05) is 31.3 Å². The molecule has 1 N–H and O–H groups in total. The van der Waals surface area contributed by atoms with E-state index in [2.05, 4.69) is 29.1 Å². The molecule has 1 saturated heterocycles. The minimum absolute atomic E-state index is 0.224. The van der Waals surface area contributed by atoms with E-state index in [0.29, 0.717) is 24.0 Å². The number of carbonyl (C=O) groups is 1. The van der Waals surface area contributed by atoms with Crippen LogP contribution in [0.25, 0.3) is 0 Å². The number of aryl methyl sites for hydroxylation is 1. The van der Waals surface area contributed by atoms with E-state index in [1.54, 1.807) is 16.4 Å². The molecule has 0 spiro atoms. The fourth-order valence-corrected chi connectivity index (χ4v) is 6.11. The largest absolute Gasteiger partial charge is 0.453 e.